The Balaban J connectivity index is 1.69. The number of rotatable bonds is 2. The fourth-order valence-electron chi connectivity index (χ4n) is 3.32. The molecule has 2 aliphatic heterocycles. The Morgan fingerprint density at radius 2 is 2.21 bits per heavy atom. The molecule has 3 rings (SSSR count). The van der Waals surface area contributed by atoms with E-state index in [1.54, 1.807) is 0 Å². The van der Waals surface area contributed by atoms with E-state index in [4.69, 9.17) is 0 Å². The van der Waals surface area contributed by atoms with Crippen LogP contribution in [-0.4, -0.2) is 31.2 Å². The molecule has 0 radical (unpaired) electrons. The molecule has 1 aromatic carbocycles. The second kappa shape index (κ2) is 5.51. The van der Waals surface area contributed by atoms with Crippen LogP contribution in [0.4, 0.5) is 5.69 Å². The van der Waals surface area contributed by atoms with Crippen molar-refractivity contribution in [3.8, 4) is 0 Å². The number of benzene rings is 1. The monoisotopic (exact) mass is 259 g/mol. The van der Waals surface area contributed by atoms with Crippen molar-refractivity contribution in [2.24, 2.45) is 5.92 Å². The summed E-state index contributed by atoms with van der Waals surface area (Å²) in [7, 11) is 2.14. The summed E-state index contributed by atoms with van der Waals surface area (Å²) in [5, 5.41) is 5.85. The summed E-state index contributed by atoms with van der Waals surface area (Å²) in [6, 6.07) is 7.66. The molecule has 19 heavy (non-hydrogen) atoms. The van der Waals surface area contributed by atoms with Crippen LogP contribution in [0.5, 0.6) is 0 Å². The first-order valence-electron chi connectivity index (χ1n) is 7.53. The van der Waals surface area contributed by atoms with Crippen LogP contribution in [-0.2, 0) is 12.8 Å². The van der Waals surface area contributed by atoms with Crippen molar-refractivity contribution in [1.82, 2.24) is 10.4 Å². The van der Waals surface area contributed by atoms with Gasteiger partial charge in [-0.2, -0.15) is 0 Å². The molecule has 1 aromatic rings. The van der Waals surface area contributed by atoms with E-state index in [0.717, 1.165) is 19.0 Å². The van der Waals surface area contributed by atoms with E-state index >= 15 is 0 Å². The third kappa shape index (κ3) is 3.10. The number of anilines is 1. The fourth-order valence-corrected chi connectivity index (χ4v) is 3.32. The predicted molar refractivity (Wildman–Crippen MR) is 80.3 cm³/mol. The maximum absolute atomic E-state index is 3.62. The van der Waals surface area contributed by atoms with Crippen molar-refractivity contribution in [2.45, 2.75) is 38.6 Å². The van der Waals surface area contributed by atoms with Gasteiger partial charge in [-0.05, 0) is 55.7 Å². The van der Waals surface area contributed by atoms with Crippen LogP contribution in [0.25, 0.3) is 0 Å². The van der Waals surface area contributed by atoms with Crippen molar-refractivity contribution in [1.29, 1.82) is 0 Å². The molecule has 1 fully saturated rings. The number of nitrogens with zero attached hydrogens (tertiary/aromatic N) is 1. The minimum Gasteiger partial charge on any atom is -0.382 e. The maximum Gasteiger partial charge on any atom is 0.0377 e. The zero-order valence-electron chi connectivity index (χ0n) is 12.1. The zero-order valence-corrected chi connectivity index (χ0v) is 12.1. The van der Waals surface area contributed by atoms with Gasteiger partial charge < -0.3 is 5.32 Å². The Kier molecular flexibility index (Phi) is 3.76. The lowest BCUT2D eigenvalue weighted by atomic mass is 9.91. The lowest BCUT2D eigenvalue weighted by Gasteiger charge is -2.31. The Hall–Kier alpha value is -1.06. The fraction of sp³-hybridized carbons (Fsp3) is 0.625. The molecule has 0 amide bonds. The van der Waals surface area contributed by atoms with Crippen LogP contribution in [0.15, 0.2) is 18.2 Å². The van der Waals surface area contributed by atoms with E-state index in [-0.39, 0.29) is 0 Å². The number of aryl methyl sites for hydroxylation is 1. The number of hydrogen-bond donors (Lipinski definition) is 2. The topological polar surface area (TPSA) is 27.3 Å². The molecule has 3 nitrogen and oxygen atoms in total. The van der Waals surface area contributed by atoms with Crippen LogP contribution in [0.1, 0.15) is 30.9 Å². The van der Waals surface area contributed by atoms with Gasteiger partial charge in [-0.15, -0.1) is 0 Å². The van der Waals surface area contributed by atoms with E-state index < -0.39 is 0 Å². The van der Waals surface area contributed by atoms with Gasteiger partial charge in [0.1, 0.15) is 0 Å². The third-order valence-electron chi connectivity index (χ3n) is 4.41. The second-order valence-corrected chi connectivity index (χ2v) is 6.22. The minimum atomic E-state index is 0.618. The van der Waals surface area contributed by atoms with Crippen molar-refractivity contribution < 1.29 is 0 Å². The smallest absolute Gasteiger partial charge is 0.0377 e. The molecule has 2 heterocycles. The summed E-state index contributed by atoms with van der Waals surface area (Å²) >= 11 is 0. The number of nitrogens with one attached hydrogen (secondary N) is 2. The largest absolute Gasteiger partial charge is 0.382 e. The van der Waals surface area contributed by atoms with Crippen LogP contribution in [0.3, 0.4) is 0 Å². The van der Waals surface area contributed by atoms with Gasteiger partial charge in [0.2, 0.25) is 0 Å². The van der Waals surface area contributed by atoms with Gasteiger partial charge in [0, 0.05) is 31.9 Å². The highest BCUT2D eigenvalue weighted by molar-refractivity contribution is 5.55. The van der Waals surface area contributed by atoms with E-state index in [9.17, 15) is 0 Å². The Morgan fingerprint density at radius 1 is 1.32 bits per heavy atom. The molecule has 2 unspecified atom stereocenters. The molecule has 0 aromatic heterocycles. The SMILES string of the molecule is CC1CCc2ccc(CC3CCNN(C)C3)cc2N1. The Morgan fingerprint density at radius 3 is 3.05 bits per heavy atom. The average Bonchev–Trinajstić information content (AvgIpc) is 2.38. The van der Waals surface area contributed by atoms with Gasteiger partial charge in [0.25, 0.3) is 0 Å². The van der Waals surface area contributed by atoms with Crippen molar-refractivity contribution in [3.05, 3.63) is 29.3 Å². The Bertz CT molecular complexity index is 444. The summed E-state index contributed by atoms with van der Waals surface area (Å²) in [5.74, 6) is 0.783. The van der Waals surface area contributed by atoms with Crippen LogP contribution < -0.4 is 10.7 Å². The summed E-state index contributed by atoms with van der Waals surface area (Å²) < 4.78 is 0. The van der Waals surface area contributed by atoms with Gasteiger partial charge in [-0.1, -0.05) is 12.1 Å². The molecule has 2 atom stereocenters. The molecule has 0 bridgehead atoms. The van der Waals surface area contributed by atoms with E-state index in [0.29, 0.717) is 6.04 Å². The zero-order chi connectivity index (χ0) is 13.2. The first-order chi connectivity index (χ1) is 9.20. The maximum atomic E-state index is 3.62. The average molecular weight is 259 g/mol. The molecular formula is C16H25N3. The van der Waals surface area contributed by atoms with Gasteiger partial charge in [-0.3, -0.25) is 5.43 Å². The lowest BCUT2D eigenvalue weighted by Crippen LogP contribution is -2.44. The normalized spacial score (nSPS) is 27.7. The quantitative estimate of drug-likeness (QED) is 0.854. The molecular weight excluding hydrogens is 234 g/mol. The van der Waals surface area contributed by atoms with E-state index in [2.05, 4.69) is 47.9 Å². The first kappa shape index (κ1) is 12.9. The molecule has 3 heteroatoms. The molecule has 2 N–H and O–H groups in total. The highest BCUT2D eigenvalue weighted by Crippen LogP contribution is 2.27. The minimum absolute atomic E-state index is 0.618. The van der Waals surface area contributed by atoms with Crippen molar-refractivity contribution in [3.63, 3.8) is 0 Å². The van der Waals surface area contributed by atoms with E-state index in [1.165, 1.54) is 42.5 Å². The first-order valence-corrected chi connectivity index (χ1v) is 7.53. The molecule has 0 aliphatic carbocycles. The lowest BCUT2D eigenvalue weighted by molar-refractivity contribution is 0.145. The van der Waals surface area contributed by atoms with Crippen LogP contribution >= 0.6 is 0 Å². The molecule has 1 saturated heterocycles. The Labute approximate surface area is 116 Å². The summed E-state index contributed by atoms with van der Waals surface area (Å²) in [6.45, 7) is 4.54. The summed E-state index contributed by atoms with van der Waals surface area (Å²) in [5.41, 5.74) is 7.72. The van der Waals surface area contributed by atoms with Gasteiger partial charge in [-0.25, -0.2) is 5.01 Å². The number of hydrazine groups is 1. The molecule has 2 aliphatic rings. The third-order valence-corrected chi connectivity index (χ3v) is 4.41. The van der Waals surface area contributed by atoms with Crippen molar-refractivity contribution >= 4 is 5.69 Å². The van der Waals surface area contributed by atoms with Crippen molar-refractivity contribution in [2.75, 3.05) is 25.5 Å². The predicted octanol–water partition coefficient (Wildman–Crippen LogP) is 2.43. The summed E-state index contributed by atoms with van der Waals surface area (Å²) in [4.78, 5) is 0. The van der Waals surface area contributed by atoms with Gasteiger partial charge in [0.05, 0.1) is 0 Å². The standard InChI is InChI=1S/C16H25N3/c1-12-3-5-15-6-4-13(10-16(15)18-12)9-14-7-8-17-19(2)11-14/h4,6,10,12,14,17-18H,3,5,7-9,11H2,1-2H3. The summed E-state index contributed by atoms with van der Waals surface area (Å²) in [6.07, 6.45) is 4.96. The van der Waals surface area contributed by atoms with Crippen LogP contribution in [0, 0.1) is 5.92 Å². The van der Waals surface area contributed by atoms with Crippen LogP contribution in [0.2, 0.25) is 0 Å². The van der Waals surface area contributed by atoms with Gasteiger partial charge in [0.15, 0.2) is 0 Å². The highest BCUT2D eigenvalue weighted by Gasteiger charge is 2.19. The number of fused-ring (bicyclic) bond motifs is 1. The second-order valence-electron chi connectivity index (χ2n) is 6.22. The molecule has 104 valence electrons. The highest BCUT2D eigenvalue weighted by atomic mass is 15.5. The van der Waals surface area contributed by atoms with Gasteiger partial charge >= 0.3 is 0 Å². The molecule has 0 spiro atoms. The number of hydrogen-bond acceptors (Lipinski definition) is 3. The van der Waals surface area contributed by atoms with E-state index in [1.807, 2.05) is 0 Å². The molecule has 0 saturated carbocycles.